The van der Waals surface area contributed by atoms with Gasteiger partial charge in [0.05, 0.1) is 19.3 Å². The summed E-state index contributed by atoms with van der Waals surface area (Å²) in [6.45, 7) is 1.62. The Labute approximate surface area is 107 Å². The maximum atomic E-state index is 11.9. The number of rotatable bonds is 8. The Balaban J connectivity index is 1.84. The van der Waals surface area contributed by atoms with Crippen LogP contribution in [0.2, 0.25) is 0 Å². The SMILES string of the molecule is COCCNCC(=O)c1cccc(OC2CC2)c1. The first-order chi connectivity index (χ1) is 8.79. The van der Waals surface area contributed by atoms with Crippen molar-refractivity contribution in [2.75, 3.05) is 26.8 Å². The van der Waals surface area contributed by atoms with Crippen LogP contribution in [0.5, 0.6) is 5.75 Å². The minimum absolute atomic E-state index is 0.0763. The smallest absolute Gasteiger partial charge is 0.176 e. The lowest BCUT2D eigenvalue weighted by Crippen LogP contribution is -2.26. The number of methoxy groups -OCH3 is 1. The van der Waals surface area contributed by atoms with Gasteiger partial charge in [-0.1, -0.05) is 12.1 Å². The molecule has 1 aromatic carbocycles. The lowest BCUT2D eigenvalue weighted by atomic mass is 10.1. The van der Waals surface area contributed by atoms with Crippen LogP contribution in [0.4, 0.5) is 0 Å². The summed E-state index contributed by atoms with van der Waals surface area (Å²) in [6.07, 6.45) is 2.60. The summed E-state index contributed by atoms with van der Waals surface area (Å²) in [6, 6.07) is 7.40. The first-order valence-corrected chi connectivity index (χ1v) is 6.29. The second-order valence-electron chi connectivity index (χ2n) is 4.44. The molecular formula is C14H19NO3. The van der Waals surface area contributed by atoms with Crippen LogP contribution in [0.1, 0.15) is 23.2 Å². The van der Waals surface area contributed by atoms with Gasteiger partial charge in [-0.05, 0) is 25.0 Å². The molecule has 4 nitrogen and oxygen atoms in total. The second-order valence-corrected chi connectivity index (χ2v) is 4.44. The molecule has 0 aromatic heterocycles. The summed E-state index contributed by atoms with van der Waals surface area (Å²) >= 11 is 0. The number of benzene rings is 1. The number of Topliss-reactive ketones (excluding diaryl/α,β-unsaturated/α-hetero) is 1. The fourth-order valence-corrected chi connectivity index (χ4v) is 1.60. The summed E-state index contributed by atoms with van der Waals surface area (Å²) in [4.78, 5) is 11.9. The predicted octanol–water partition coefficient (Wildman–Crippen LogP) is 1.65. The van der Waals surface area contributed by atoms with Crippen LogP contribution < -0.4 is 10.1 Å². The Hall–Kier alpha value is -1.39. The Morgan fingerprint density at radius 1 is 1.44 bits per heavy atom. The molecule has 98 valence electrons. The third-order valence-corrected chi connectivity index (χ3v) is 2.75. The van der Waals surface area contributed by atoms with Gasteiger partial charge in [0.15, 0.2) is 5.78 Å². The van der Waals surface area contributed by atoms with Crippen molar-refractivity contribution >= 4 is 5.78 Å². The van der Waals surface area contributed by atoms with Gasteiger partial charge in [0.25, 0.3) is 0 Å². The van der Waals surface area contributed by atoms with E-state index in [0.29, 0.717) is 31.4 Å². The molecule has 1 aromatic rings. The quantitative estimate of drug-likeness (QED) is 0.562. The van der Waals surface area contributed by atoms with E-state index in [9.17, 15) is 4.79 Å². The molecule has 1 fully saturated rings. The van der Waals surface area contributed by atoms with Gasteiger partial charge >= 0.3 is 0 Å². The van der Waals surface area contributed by atoms with Crippen LogP contribution in [0, 0.1) is 0 Å². The molecule has 0 saturated heterocycles. The molecule has 0 unspecified atom stereocenters. The lowest BCUT2D eigenvalue weighted by molar-refractivity contribution is 0.0987. The van der Waals surface area contributed by atoms with Crippen LogP contribution in [-0.2, 0) is 4.74 Å². The van der Waals surface area contributed by atoms with E-state index in [1.165, 1.54) is 0 Å². The van der Waals surface area contributed by atoms with Crippen molar-refractivity contribution in [3.05, 3.63) is 29.8 Å². The van der Waals surface area contributed by atoms with Gasteiger partial charge in [-0.2, -0.15) is 0 Å². The fraction of sp³-hybridized carbons (Fsp3) is 0.500. The van der Waals surface area contributed by atoms with Crippen molar-refractivity contribution in [3.8, 4) is 5.75 Å². The van der Waals surface area contributed by atoms with Gasteiger partial charge in [0.2, 0.25) is 0 Å². The van der Waals surface area contributed by atoms with E-state index in [1.807, 2.05) is 24.3 Å². The van der Waals surface area contributed by atoms with Crippen LogP contribution >= 0.6 is 0 Å². The summed E-state index contributed by atoms with van der Waals surface area (Å²) in [5.41, 5.74) is 0.693. The topological polar surface area (TPSA) is 47.6 Å². The second kappa shape index (κ2) is 6.52. The van der Waals surface area contributed by atoms with E-state index in [0.717, 1.165) is 18.6 Å². The zero-order valence-electron chi connectivity index (χ0n) is 10.6. The van der Waals surface area contributed by atoms with Gasteiger partial charge in [0.1, 0.15) is 5.75 Å². The zero-order chi connectivity index (χ0) is 12.8. The predicted molar refractivity (Wildman–Crippen MR) is 69.2 cm³/mol. The van der Waals surface area contributed by atoms with E-state index in [4.69, 9.17) is 9.47 Å². The molecule has 0 atom stereocenters. The first-order valence-electron chi connectivity index (χ1n) is 6.29. The standard InChI is InChI=1S/C14H19NO3/c1-17-8-7-15-10-14(16)11-3-2-4-13(9-11)18-12-5-6-12/h2-4,9,12,15H,5-8,10H2,1H3. The summed E-state index contributed by atoms with van der Waals surface area (Å²) < 4.78 is 10.6. The minimum atomic E-state index is 0.0763. The molecule has 1 saturated carbocycles. The molecule has 0 radical (unpaired) electrons. The number of carbonyl (C=O) groups excluding carboxylic acids is 1. The third kappa shape index (κ3) is 4.13. The zero-order valence-corrected chi connectivity index (χ0v) is 10.6. The Morgan fingerprint density at radius 2 is 2.28 bits per heavy atom. The van der Waals surface area contributed by atoms with Gasteiger partial charge in [0, 0.05) is 19.2 Å². The number of hydrogen-bond acceptors (Lipinski definition) is 4. The molecule has 0 amide bonds. The molecule has 1 aliphatic rings. The Kier molecular flexibility index (Phi) is 4.73. The number of nitrogens with one attached hydrogen (secondary N) is 1. The molecule has 18 heavy (non-hydrogen) atoms. The molecule has 2 rings (SSSR count). The monoisotopic (exact) mass is 249 g/mol. The lowest BCUT2D eigenvalue weighted by Gasteiger charge is -2.07. The molecular weight excluding hydrogens is 230 g/mol. The van der Waals surface area contributed by atoms with Gasteiger partial charge in [-0.25, -0.2) is 0 Å². The van der Waals surface area contributed by atoms with Crippen molar-refractivity contribution in [1.82, 2.24) is 5.32 Å². The molecule has 0 spiro atoms. The van der Waals surface area contributed by atoms with Crippen LogP contribution in [0.25, 0.3) is 0 Å². The third-order valence-electron chi connectivity index (χ3n) is 2.75. The largest absolute Gasteiger partial charge is 0.490 e. The first kappa shape index (κ1) is 13.1. The number of hydrogen-bond donors (Lipinski definition) is 1. The molecule has 0 bridgehead atoms. The molecule has 1 N–H and O–H groups in total. The summed E-state index contributed by atoms with van der Waals surface area (Å²) in [5.74, 6) is 0.868. The van der Waals surface area contributed by atoms with E-state index >= 15 is 0 Å². The number of ether oxygens (including phenoxy) is 2. The van der Waals surface area contributed by atoms with Crippen molar-refractivity contribution < 1.29 is 14.3 Å². The number of ketones is 1. The van der Waals surface area contributed by atoms with Crippen molar-refractivity contribution in [1.29, 1.82) is 0 Å². The van der Waals surface area contributed by atoms with Crippen molar-refractivity contribution in [2.24, 2.45) is 0 Å². The van der Waals surface area contributed by atoms with Gasteiger partial charge < -0.3 is 14.8 Å². The van der Waals surface area contributed by atoms with E-state index in [-0.39, 0.29) is 5.78 Å². The highest BCUT2D eigenvalue weighted by Crippen LogP contribution is 2.27. The van der Waals surface area contributed by atoms with Crippen molar-refractivity contribution in [3.63, 3.8) is 0 Å². The molecule has 0 aliphatic heterocycles. The van der Waals surface area contributed by atoms with Crippen LogP contribution in [0.3, 0.4) is 0 Å². The average Bonchev–Trinajstić information content (AvgIpc) is 3.19. The van der Waals surface area contributed by atoms with Crippen LogP contribution in [0.15, 0.2) is 24.3 Å². The summed E-state index contributed by atoms with van der Waals surface area (Å²) in [7, 11) is 1.64. The van der Waals surface area contributed by atoms with Gasteiger partial charge in [-0.15, -0.1) is 0 Å². The normalized spacial score (nSPS) is 14.5. The van der Waals surface area contributed by atoms with Gasteiger partial charge in [-0.3, -0.25) is 4.79 Å². The minimum Gasteiger partial charge on any atom is -0.490 e. The highest BCUT2D eigenvalue weighted by Gasteiger charge is 2.23. The molecule has 4 heteroatoms. The van der Waals surface area contributed by atoms with E-state index in [2.05, 4.69) is 5.32 Å². The Bertz CT molecular complexity index is 402. The maximum Gasteiger partial charge on any atom is 0.176 e. The highest BCUT2D eigenvalue weighted by molar-refractivity contribution is 5.97. The highest BCUT2D eigenvalue weighted by atomic mass is 16.5. The van der Waals surface area contributed by atoms with Crippen LogP contribution in [-0.4, -0.2) is 38.7 Å². The molecule has 1 aliphatic carbocycles. The average molecular weight is 249 g/mol. The molecule has 0 heterocycles. The van der Waals surface area contributed by atoms with E-state index in [1.54, 1.807) is 7.11 Å². The van der Waals surface area contributed by atoms with Crippen molar-refractivity contribution in [2.45, 2.75) is 18.9 Å². The summed E-state index contributed by atoms with van der Waals surface area (Å²) in [5, 5.41) is 3.04. The van der Waals surface area contributed by atoms with E-state index < -0.39 is 0 Å². The Morgan fingerprint density at radius 3 is 3.00 bits per heavy atom. The maximum absolute atomic E-state index is 11.9. The fourth-order valence-electron chi connectivity index (χ4n) is 1.60. The number of carbonyl (C=O) groups is 1.